The molecule has 3 aromatic rings. The largest absolute Gasteiger partial charge is 0.458 e. The van der Waals surface area contributed by atoms with Crippen LogP contribution in [0.2, 0.25) is 5.02 Å². The lowest BCUT2D eigenvalue weighted by atomic mass is 9.79. The minimum atomic E-state index is -0.577. The first kappa shape index (κ1) is 21.5. The number of halogens is 1. The predicted molar refractivity (Wildman–Crippen MR) is 123 cm³/mol. The van der Waals surface area contributed by atoms with Crippen LogP contribution in [0.1, 0.15) is 43.9 Å². The van der Waals surface area contributed by atoms with Gasteiger partial charge in [-0.15, -0.1) is 11.3 Å². The Morgan fingerprint density at radius 2 is 1.87 bits per heavy atom. The third kappa shape index (κ3) is 4.50. The minimum absolute atomic E-state index is 0.0746. The molecule has 0 unspecified atom stereocenters. The van der Waals surface area contributed by atoms with Gasteiger partial charge in [0.25, 0.3) is 0 Å². The van der Waals surface area contributed by atoms with E-state index in [-0.39, 0.29) is 18.5 Å². The molecule has 0 spiro atoms. The monoisotopic (exact) mass is 454 g/mol. The third-order valence-electron chi connectivity index (χ3n) is 5.64. The smallest absolute Gasteiger partial charge is 0.316 e. The molecule has 1 heterocycles. The van der Waals surface area contributed by atoms with Crippen LogP contribution in [0.5, 0.6) is 0 Å². The average Bonchev–Trinajstić information content (AvgIpc) is 3.43. The number of anilines is 2. The van der Waals surface area contributed by atoms with Crippen LogP contribution < -0.4 is 4.90 Å². The van der Waals surface area contributed by atoms with E-state index in [1.165, 1.54) is 23.2 Å². The summed E-state index contributed by atoms with van der Waals surface area (Å²) in [4.78, 5) is 31.4. The van der Waals surface area contributed by atoms with Gasteiger partial charge in [-0.1, -0.05) is 60.8 Å². The van der Waals surface area contributed by atoms with Crippen molar-refractivity contribution in [2.75, 3.05) is 4.90 Å². The van der Waals surface area contributed by atoms with Gasteiger partial charge in [-0.25, -0.2) is 4.98 Å². The van der Waals surface area contributed by atoms with Crippen molar-refractivity contribution >= 4 is 45.6 Å². The van der Waals surface area contributed by atoms with E-state index in [4.69, 9.17) is 16.3 Å². The van der Waals surface area contributed by atoms with Gasteiger partial charge >= 0.3 is 5.97 Å². The number of ether oxygens (including phenoxy) is 1. The second-order valence-corrected chi connectivity index (χ2v) is 8.96. The maximum Gasteiger partial charge on any atom is 0.316 e. The molecule has 0 atom stereocenters. The van der Waals surface area contributed by atoms with Crippen molar-refractivity contribution in [3.63, 3.8) is 0 Å². The molecule has 7 heteroatoms. The number of hydrogen-bond donors (Lipinski definition) is 0. The van der Waals surface area contributed by atoms with Crippen LogP contribution in [-0.4, -0.2) is 16.9 Å². The van der Waals surface area contributed by atoms with Gasteiger partial charge in [0.2, 0.25) is 5.91 Å². The lowest BCUT2D eigenvalue weighted by molar-refractivity contribution is -0.152. The molecular formula is C24H23ClN2O3S. The van der Waals surface area contributed by atoms with Crippen molar-refractivity contribution in [1.82, 2.24) is 4.98 Å². The van der Waals surface area contributed by atoms with Crippen LogP contribution in [-0.2, 0) is 26.3 Å². The zero-order chi connectivity index (χ0) is 21.8. The molecule has 1 amide bonds. The van der Waals surface area contributed by atoms with E-state index < -0.39 is 5.41 Å². The molecular weight excluding hydrogens is 432 g/mol. The fourth-order valence-corrected chi connectivity index (χ4v) is 5.19. The molecule has 0 bridgehead atoms. The number of aromatic nitrogens is 1. The summed E-state index contributed by atoms with van der Waals surface area (Å²) in [5, 5.41) is 2.86. The first-order valence-electron chi connectivity index (χ1n) is 10.2. The second-order valence-electron chi connectivity index (χ2n) is 7.69. The Hall–Kier alpha value is -2.70. The zero-order valence-electron chi connectivity index (χ0n) is 17.2. The van der Waals surface area contributed by atoms with Crippen molar-refractivity contribution in [1.29, 1.82) is 0 Å². The molecule has 1 aromatic heterocycles. The first-order valence-corrected chi connectivity index (χ1v) is 11.5. The van der Waals surface area contributed by atoms with Gasteiger partial charge in [-0.3, -0.25) is 14.5 Å². The van der Waals surface area contributed by atoms with Gasteiger partial charge < -0.3 is 4.74 Å². The first-order chi connectivity index (χ1) is 15.0. The van der Waals surface area contributed by atoms with Crippen LogP contribution >= 0.6 is 22.9 Å². The van der Waals surface area contributed by atoms with E-state index in [1.807, 2.05) is 35.7 Å². The number of amides is 1. The van der Waals surface area contributed by atoms with Gasteiger partial charge in [-0.2, -0.15) is 0 Å². The number of hydrogen-bond acceptors (Lipinski definition) is 5. The molecule has 5 nitrogen and oxygen atoms in total. The van der Waals surface area contributed by atoms with Crippen molar-refractivity contribution in [3.8, 4) is 0 Å². The van der Waals surface area contributed by atoms with E-state index in [1.54, 1.807) is 24.3 Å². The summed E-state index contributed by atoms with van der Waals surface area (Å²) in [5.41, 5.74) is 1.70. The molecule has 31 heavy (non-hydrogen) atoms. The summed E-state index contributed by atoms with van der Waals surface area (Å²) < 4.78 is 5.73. The summed E-state index contributed by atoms with van der Waals surface area (Å²) >= 11 is 7.41. The predicted octanol–water partition coefficient (Wildman–Crippen LogP) is 6.04. The summed E-state index contributed by atoms with van der Waals surface area (Å²) in [6.07, 6.45) is 3.62. The van der Waals surface area contributed by atoms with E-state index in [0.29, 0.717) is 21.5 Å². The molecule has 2 aromatic carbocycles. The SMILES string of the molecule is CC(=O)N(c1cccc(Cl)c1)c1nc(COC(=O)C2(c3ccccc3)CCCC2)cs1. The van der Waals surface area contributed by atoms with E-state index in [0.717, 1.165) is 31.2 Å². The fraction of sp³-hybridized carbons (Fsp3) is 0.292. The van der Waals surface area contributed by atoms with Crippen molar-refractivity contribution in [2.45, 2.75) is 44.6 Å². The van der Waals surface area contributed by atoms with Crippen molar-refractivity contribution in [2.24, 2.45) is 0 Å². The fourth-order valence-electron chi connectivity index (χ4n) is 4.13. The van der Waals surface area contributed by atoms with E-state index >= 15 is 0 Å². The van der Waals surface area contributed by atoms with Crippen LogP contribution in [0.3, 0.4) is 0 Å². The summed E-state index contributed by atoms with van der Waals surface area (Å²) in [6, 6.07) is 16.9. The highest BCUT2D eigenvalue weighted by Crippen LogP contribution is 2.42. The third-order valence-corrected chi connectivity index (χ3v) is 6.75. The highest BCUT2D eigenvalue weighted by Gasteiger charge is 2.44. The molecule has 0 saturated heterocycles. The number of nitrogens with zero attached hydrogens (tertiary/aromatic N) is 2. The summed E-state index contributed by atoms with van der Waals surface area (Å²) in [5.74, 6) is -0.377. The van der Waals surface area contributed by atoms with Crippen LogP contribution in [0.4, 0.5) is 10.8 Å². The van der Waals surface area contributed by atoms with Crippen LogP contribution in [0.25, 0.3) is 0 Å². The Kier molecular flexibility index (Phi) is 6.39. The molecule has 160 valence electrons. The number of esters is 1. The maximum absolute atomic E-state index is 13.1. The molecule has 1 aliphatic carbocycles. The molecule has 1 aliphatic rings. The Morgan fingerprint density at radius 1 is 1.13 bits per heavy atom. The van der Waals surface area contributed by atoms with Gasteiger partial charge in [-0.05, 0) is 36.6 Å². The Balaban J connectivity index is 1.50. The molecule has 0 aliphatic heterocycles. The van der Waals surface area contributed by atoms with Gasteiger partial charge in [0, 0.05) is 17.3 Å². The molecule has 0 radical (unpaired) electrons. The topological polar surface area (TPSA) is 59.5 Å². The standard InChI is InChI=1S/C24H23ClN2O3S/c1-17(28)27(21-11-7-10-19(25)14-21)23-26-20(16-31-23)15-30-22(29)24(12-5-6-13-24)18-8-3-2-4-9-18/h2-4,7-11,14,16H,5-6,12-13,15H2,1H3. The highest BCUT2D eigenvalue weighted by molar-refractivity contribution is 7.14. The normalized spacial score (nSPS) is 14.9. The van der Waals surface area contributed by atoms with Gasteiger partial charge in [0.15, 0.2) is 5.13 Å². The molecule has 1 fully saturated rings. The zero-order valence-corrected chi connectivity index (χ0v) is 18.8. The number of carbonyl (C=O) groups is 2. The van der Waals surface area contributed by atoms with Crippen molar-refractivity contribution < 1.29 is 14.3 Å². The van der Waals surface area contributed by atoms with Crippen molar-refractivity contribution in [3.05, 3.63) is 76.3 Å². The highest BCUT2D eigenvalue weighted by atomic mass is 35.5. The van der Waals surface area contributed by atoms with E-state index in [2.05, 4.69) is 4.98 Å². The maximum atomic E-state index is 13.1. The van der Waals surface area contributed by atoms with Crippen LogP contribution in [0, 0.1) is 0 Å². The van der Waals surface area contributed by atoms with Crippen LogP contribution in [0.15, 0.2) is 60.0 Å². The molecule has 4 rings (SSSR count). The summed E-state index contributed by atoms with van der Waals surface area (Å²) in [6.45, 7) is 1.55. The number of thiazole rings is 1. The number of carbonyl (C=O) groups excluding carboxylic acids is 2. The summed E-state index contributed by atoms with van der Waals surface area (Å²) in [7, 11) is 0. The number of benzene rings is 2. The number of rotatable bonds is 6. The second kappa shape index (κ2) is 9.20. The Bertz CT molecular complexity index is 1080. The minimum Gasteiger partial charge on any atom is -0.458 e. The van der Waals surface area contributed by atoms with E-state index in [9.17, 15) is 9.59 Å². The lowest BCUT2D eigenvalue weighted by Gasteiger charge is -2.27. The van der Waals surface area contributed by atoms with Gasteiger partial charge in [0.05, 0.1) is 16.8 Å². The average molecular weight is 455 g/mol. The molecule has 1 saturated carbocycles. The van der Waals surface area contributed by atoms with Gasteiger partial charge in [0.1, 0.15) is 6.61 Å². The quantitative estimate of drug-likeness (QED) is 0.426. The Morgan fingerprint density at radius 3 is 2.55 bits per heavy atom. The molecule has 0 N–H and O–H groups in total. The lowest BCUT2D eigenvalue weighted by Crippen LogP contribution is -2.34. The Labute approximate surface area is 190 Å².